The van der Waals surface area contributed by atoms with E-state index in [4.69, 9.17) is 4.74 Å². The molecule has 4 aromatic rings. The number of nitrogens with one attached hydrogen (secondary N) is 1. The van der Waals surface area contributed by atoms with Gasteiger partial charge in [0.05, 0.1) is 23.7 Å². The lowest BCUT2D eigenvalue weighted by atomic mass is 9.94. The lowest BCUT2D eigenvalue weighted by Gasteiger charge is -2.21. The SMILES string of the molecule is COc1cccc(-c2c(C)c(Cc3c(F)cccc3F)c3n(c2=O)C(CNCc2cccc(C)c2)CS3)c1F. The largest absolute Gasteiger partial charge is 0.494 e. The highest BCUT2D eigenvalue weighted by Gasteiger charge is 2.32. The topological polar surface area (TPSA) is 43.3 Å². The fourth-order valence-electron chi connectivity index (χ4n) is 5.19. The number of hydrogen-bond donors (Lipinski definition) is 1. The molecular weight excluding hydrogens is 521 g/mol. The van der Waals surface area contributed by atoms with Crippen molar-refractivity contribution in [1.82, 2.24) is 9.88 Å². The second-order valence-electron chi connectivity index (χ2n) is 9.74. The Labute approximate surface area is 229 Å². The summed E-state index contributed by atoms with van der Waals surface area (Å²) in [5.41, 5.74) is 3.27. The van der Waals surface area contributed by atoms with Crippen LogP contribution < -0.4 is 15.6 Å². The van der Waals surface area contributed by atoms with Crippen LogP contribution in [0.4, 0.5) is 13.2 Å². The molecule has 2 heterocycles. The molecule has 5 rings (SSSR count). The molecule has 1 N–H and O–H groups in total. The van der Waals surface area contributed by atoms with Crippen molar-refractivity contribution in [2.75, 3.05) is 19.4 Å². The van der Waals surface area contributed by atoms with Crippen LogP contribution >= 0.6 is 11.8 Å². The number of hydrogen-bond acceptors (Lipinski definition) is 4. The summed E-state index contributed by atoms with van der Waals surface area (Å²) < 4.78 is 51.7. The fourth-order valence-corrected chi connectivity index (χ4v) is 6.58. The summed E-state index contributed by atoms with van der Waals surface area (Å²) in [4.78, 5) is 14.0. The molecule has 39 heavy (non-hydrogen) atoms. The third-order valence-corrected chi connectivity index (χ3v) is 8.44. The fraction of sp³-hybridized carbons (Fsp3) is 0.258. The molecule has 202 valence electrons. The van der Waals surface area contributed by atoms with E-state index in [1.807, 2.05) is 25.1 Å². The van der Waals surface area contributed by atoms with Crippen LogP contribution in [0.3, 0.4) is 0 Å². The number of pyridine rings is 1. The van der Waals surface area contributed by atoms with Crippen LogP contribution in [0.1, 0.15) is 33.9 Å². The van der Waals surface area contributed by atoms with Crippen molar-refractivity contribution >= 4 is 11.8 Å². The Balaban J connectivity index is 1.61. The third kappa shape index (κ3) is 5.23. The van der Waals surface area contributed by atoms with Gasteiger partial charge in [-0.1, -0.05) is 48.0 Å². The van der Waals surface area contributed by atoms with Crippen molar-refractivity contribution in [3.05, 3.63) is 116 Å². The number of fused-ring (bicyclic) bond motifs is 1. The van der Waals surface area contributed by atoms with Gasteiger partial charge in [-0.3, -0.25) is 9.36 Å². The second kappa shape index (κ2) is 11.3. The molecule has 0 radical (unpaired) electrons. The van der Waals surface area contributed by atoms with Gasteiger partial charge in [-0.2, -0.15) is 0 Å². The lowest BCUT2D eigenvalue weighted by molar-refractivity contribution is 0.387. The maximum atomic E-state index is 15.5. The Morgan fingerprint density at radius 2 is 1.72 bits per heavy atom. The van der Waals surface area contributed by atoms with Gasteiger partial charge in [-0.15, -0.1) is 11.8 Å². The smallest absolute Gasteiger partial charge is 0.260 e. The predicted octanol–water partition coefficient (Wildman–Crippen LogP) is 6.59. The van der Waals surface area contributed by atoms with Crippen molar-refractivity contribution < 1.29 is 17.9 Å². The molecule has 0 fully saturated rings. The molecule has 1 aromatic heterocycles. The van der Waals surface area contributed by atoms with Crippen molar-refractivity contribution in [2.24, 2.45) is 0 Å². The van der Waals surface area contributed by atoms with Gasteiger partial charge in [0.1, 0.15) is 11.6 Å². The van der Waals surface area contributed by atoms with Crippen LogP contribution in [0.2, 0.25) is 0 Å². The number of thioether (sulfide) groups is 1. The van der Waals surface area contributed by atoms with Crippen molar-refractivity contribution in [1.29, 1.82) is 0 Å². The van der Waals surface area contributed by atoms with E-state index in [1.54, 1.807) is 17.6 Å². The van der Waals surface area contributed by atoms with Gasteiger partial charge in [0.2, 0.25) is 0 Å². The van der Waals surface area contributed by atoms with Crippen molar-refractivity contribution in [2.45, 2.75) is 37.9 Å². The molecule has 1 unspecified atom stereocenters. The Bertz CT molecular complexity index is 1580. The number of aromatic nitrogens is 1. The molecule has 0 amide bonds. The molecule has 4 nitrogen and oxygen atoms in total. The Morgan fingerprint density at radius 3 is 2.44 bits per heavy atom. The van der Waals surface area contributed by atoms with Gasteiger partial charge in [0, 0.05) is 36.4 Å². The molecule has 0 aliphatic carbocycles. The molecule has 0 saturated heterocycles. The van der Waals surface area contributed by atoms with E-state index in [0.717, 1.165) is 11.1 Å². The van der Waals surface area contributed by atoms with Crippen LogP contribution in [0.5, 0.6) is 5.75 Å². The molecule has 1 aliphatic heterocycles. The Morgan fingerprint density at radius 1 is 1.00 bits per heavy atom. The zero-order valence-corrected chi connectivity index (χ0v) is 22.8. The molecule has 0 bridgehead atoms. The average Bonchev–Trinajstić information content (AvgIpc) is 3.33. The number of aryl methyl sites for hydroxylation is 1. The highest BCUT2D eigenvalue weighted by atomic mass is 32.2. The summed E-state index contributed by atoms with van der Waals surface area (Å²) in [7, 11) is 1.36. The summed E-state index contributed by atoms with van der Waals surface area (Å²) in [6, 6.07) is 16.4. The maximum absolute atomic E-state index is 15.5. The summed E-state index contributed by atoms with van der Waals surface area (Å²) in [6.07, 6.45) is -0.0605. The first kappa shape index (κ1) is 27.1. The summed E-state index contributed by atoms with van der Waals surface area (Å²) in [5, 5.41) is 4.10. The minimum absolute atomic E-state index is 0.0178. The highest BCUT2D eigenvalue weighted by Crippen LogP contribution is 2.40. The number of methoxy groups -OCH3 is 1. The van der Waals surface area contributed by atoms with E-state index in [-0.39, 0.29) is 40.5 Å². The molecular formula is C31H29F3N2O2S. The van der Waals surface area contributed by atoms with E-state index >= 15 is 4.39 Å². The number of halogens is 3. The predicted molar refractivity (Wildman–Crippen MR) is 149 cm³/mol. The standard InChI is InChI=1S/C31H29F3N2O2S/c1-18-7-4-8-20(13-18)15-35-16-21-17-39-31-23(14-24-25(32)10-6-11-26(24)33)19(2)28(30(37)36(21)31)22-9-5-12-27(38-3)29(22)34/h4-13,21,35H,14-17H2,1-3H3. The molecule has 1 atom stereocenters. The quantitative estimate of drug-likeness (QED) is 0.269. The zero-order valence-electron chi connectivity index (χ0n) is 22.0. The number of rotatable bonds is 8. The first-order chi connectivity index (χ1) is 18.8. The Kier molecular flexibility index (Phi) is 7.86. The monoisotopic (exact) mass is 550 g/mol. The number of benzene rings is 3. The van der Waals surface area contributed by atoms with Gasteiger partial charge in [0.25, 0.3) is 5.56 Å². The van der Waals surface area contributed by atoms with E-state index in [0.29, 0.717) is 35.0 Å². The van der Waals surface area contributed by atoms with Crippen LogP contribution in [0, 0.1) is 31.3 Å². The first-order valence-corrected chi connectivity index (χ1v) is 13.7. The van der Waals surface area contributed by atoms with Crippen LogP contribution in [0.25, 0.3) is 11.1 Å². The van der Waals surface area contributed by atoms with E-state index < -0.39 is 17.5 Å². The maximum Gasteiger partial charge on any atom is 0.260 e. The number of ether oxygens (including phenoxy) is 1. The van der Waals surface area contributed by atoms with Gasteiger partial charge < -0.3 is 10.1 Å². The van der Waals surface area contributed by atoms with Crippen molar-refractivity contribution in [3.8, 4) is 16.9 Å². The second-order valence-corrected chi connectivity index (χ2v) is 10.8. The third-order valence-electron chi connectivity index (χ3n) is 7.17. The minimum Gasteiger partial charge on any atom is -0.494 e. The highest BCUT2D eigenvalue weighted by molar-refractivity contribution is 7.99. The van der Waals surface area contributed by atoms with Gasteiger partial charge >= 0.3 is 0 Å². The molecule has 0 saturated carbocycles. The van der Waals surface area contributed by atoms with E-state index in [1.165, 1.54) is 49.2 Å². The summed E-state index contributed by atoms with van der Waals surface area (Å²) in [5.74, 6) is -1.35. The van der Waals surface area contributed by atoms with Crippen molar-refractivity contribution in [3.63, 3.8) is 0 Å². The lowest BCUT2D eigenvalue weighted by Crippen LogP contribution is -2.33. The van der Waals surface area contributed by atoms with Gasteiger partial charge in [0.15, 0.2) is 11.6 Å². The van der Waals surface area contributed by atoms with Crippen LogP contribution in [-0.2, 0) is 13.0 Å². The van der Waals surface area contributed by atoms with E-state index in [9.17, 15) is 13.6 Å². The normalized spacial score (nSPS) is 14.5. The Hall–Kier alpha value is -3.49. The summed E-state index contributed by atoms with van der Waals surface area (Å²) >= 11 is 1.49. The molecule has 1 aliphatic rings. The summed E-state index contributed by atoms with van der Waals surface area (Å²) in [6.45, 7) is 4.89. The van der Waals surface area contributed by atoms with Crippen LogP contribution in [0.15, 0.2) is 70.5 Å². The number of nitrogens with zero attached hydrogens (tertiary/aromatic N) is 1. The molecule has 8 heteroatoms. The van der Waals surface area contributed by atoms with Gasteiger partial charge in [-0.25, -0.2) is 13.2 Å². The molecule has 3 aromatic carbocycles. The first-order valence-electron chi connectivity index (χ1n) is 12.7. The average molecular weight is 551 g/mol. The van der Waals surface area contributed by atoms with E-state index in [2.05, 4.69) is 11.4 Å². The minimum atomic E-state index is -0.659. The van der Waals surface area contributed by atoms with Gasteiger partial charge in [-0.05, 0) is 48.7 Å². The molecule has 0 spiro atoms. The zero-order chi connectivity index (χ0) is 27.7. The van der Waals surface area contributed by atoms with Crippen LogP contribution in [-0.4, -0.2) is 24.0 Å².